The van der Waals surface area contributed by atoms with Crippen LogP contribution in [-0.2, 0) is 4.74 Å². The van der Waals surface area contributed by atoms with Gasteiger partial charge in [-0.15, -0.1) is 0 Å². The zero-order chi connectivity index (χ0) is 17.1. The Bertz CT molecular complexity index is 594. The molecular formula is C15H18ClNO5. The van der Waals surface area contributed by atoms with Crippen molar-refractivity contribution in [2.75, 3.05) is 0 Å². The van der Waals surface area contributed by atoms with E-state index in [2.05, 4.69) is 0 Å². The van der Waals surface area contributed by atoms with Gasteiger partial charge in [-0.2, -0.15) is 0 Å². The molecule has 7 heteroatoms. The van der Waals surface area contributed by atoms with Gasteiger partial charge in [0.15, 0.2) is 0 Å². The number of amides is 2. The van der Waals surface area contributed by atoms with E-state index in [4.69, 9.17) is 16.3 Å². The minimum absolute atomic E-state index is 0.256. The maximum absolute atomic E-state index is 12.1. The summed E-state index contributed by atoms with van der Waals surface area (Å²) in [6.07, 6.45) is -1.90. The summed E-state index contributed by atoms with van der Waals surface area (Å²) in [5, 5.41) is 9.64. The van der Waals surface area contributed by atoms with Gasteiger partial charge in [0, 0.05) is 10.6 Å². The lowest BCUT2D eigenvalue weighted by molar-refractivity contribution is 0.0201. The van der Waals surface area contributed by atoms with Crippen LogP contribution in [0.15, 0.2) is 18.2 Å². The number of carbonyl (C=O) groups is 3. The summed E-state index contributed by atoms with van der Waals surface area (Å²) in [4.78, 5) is 35.2. The Hall–Kier alpha value is -2.08. The molecule has 2 amide bonds. The average molecular weight is 328 g/mol. The van der Waals surface area contributed by atoms with Gasteiger partial charge in [0.25, 0.3) is 0 Å². The highest BCUT2D eigenvalue weighted by atomic mass is 35.5. The van der Waals surface area contributed by atoms with Crippen molar-refractivity contribution in [1.29, 1.82) is 0 Å². The second-order valence-corrected chi connectivity index (χ2v) is 6.14. The predicted octanol–water partition coefficient (Wildman–Crippen LogP) is 4.13. The second kappa shape index (κ2) is 6.79. The molecule has 1 N–H and O–H groups in total. The van der Waals surface area contributed by atoms with Gasteiger partial charge < -0.3 is 9.84 Å². The summed E-state index contributed by atoms with van der Waals surface area (Å²) in [6.45, 7) is 6.38. The van der Waals surface area contributed by atoms with E-state index in [1.807, 2.05) is 0 Å². The van der Waals surface area contributed by atoms with E-state index in [1.165, 1.54) is 25.1 Å². The van der Waals surface area contributed by atoms with Crippen LogP contribution in [0.5, 0.6) is 0 Å². The molecule has 120 valence electrons. The van der Waals surface area contributed by atoms with Gasteiger partial charge >= 0.3 is 12.2 Å². The Morgan fingerprint density at radius 2 is 1.95 bits per heavy atom. The predicted molar refractivity (Wildman–Crippen MR) is 81.4 cm³/mol. The van der Waals surface area contributed by atoms with Gasteiger partial charge in [-0.3, -0.25) is 4.79 Å². The van der Waals surface area contributed by atoms with E-state index in [0.29, 0.717) is 21.8 Å². The van der Waals surface area contributed by atoms with Crippen molar-refractivity contribution in [2.45, 2.75) is 39.3 Å². The highest BCUT2D eigenvalue weighted by molar-refractivity contribution is 6.30. The van der Waals surface area contributed by atoms with Gasteiger partial charge in [-0.25, -0.2) is 14.5 Å². The lowest BCUT2D eigenvalue weighted by Crippen LogP contribution is -2.41. The van der Waals surface area contributed by atoms with Crippen LogP contribution in [0, 0.1) is 0 Å². The van der Waals surface area contributed by atoms with Crippen LogP contribution in [0.3, 0.4) is 0 Å². The van der Waals surface area contributed by atoms with Crippen molar-refractivity contribution in [3.63, 3.8) is 0 Å². The second-order valence-electron chi connectivity index (χ2n) is 5.70. The molecule has 0 fully saturated rings. The molecule has 0 unspecified atom stereocenters. The topological polar surface area (TPSA) is 83.9 Å². The van der Waals surface area contributed by atoms with Crippen molar-refractivity contribution >= 4 is 30.1 Å². The fourth-order valence-corrected chi connectivity index (χ4v) is 2.05. The van der Waals surface area contributed by atoms with Crippen LogP contribution >= 0.6 is 11.6 Å². The smallest absolute Gasteiger partial charge is 0.420 e. The van der Waals surface area contributed by atoms with Crippen LogP contribution < -0.4 is 0 Å². The molecule has 0 heterocycles. The first-order valence-corrected chi connectivity index (χ1v) is 6.94. The standard InChI is InChI=1S/C15H18ClNO5/c1-9(12-7-11(16)6-5-10(12)8-18)17(13(19)20)14(21)22-15(2,3)4/h5-9H,1-4H3,(H,19,20)/t9-/m1/s1. The van der Waals surface area contributed by atoms with Crippen molar-refractivity contribution in [3.05, 3.63) is 34.3 Å². The van der Waals surface area contributed by atoms with Crippen molar-refractivity contribution < 1.29 is 24.2 Å². The molecule has 0 saturated carbocycles. The molecular weight excluding hydrogens is 310 g/mol. The minimum atomic E-state index is -1.47. The zero-order valence-electron chi connectivity index (χ0n) is 12.8. The van der Waals surface area contributed by atoms with Gasteiger partial charge in [0.05, 0.1) is 6.04 Å². The molecule has 1 aromatic rings. The van der Waals surface area contributed by atoms with Gasteiger partial charge in [0.2, 0.25) is 0 Å². The molecule has 0 saturated heterocycles. The van der Waals surface area contributed by atoms with E-state index in [9.17, 15) is 19.5 Å². The zero-order valence-corrected chi connectivity index (χ0v) is 13.5. The number of rotatable bonds is 3. The van der Waals surface area contributed by atoms with Gasteiger partial charge in [-0.05, 0) is 51.5 Å². The third-order valence-corrected chi connectivity index (χ3v) is 3.04. The molecule has 1 rings (SSSR count). The Kier molecular flexibility index (Phi) is 5.54. The van der Waals surface area contributed by atoms with Crippen LogP contribution in [0.2, 0.25) is 5.02 Å². The lowest BCUT2D eigenvalue weighted by Gasteiger charge is -2.29. The van der Waals surface area contributed by atoms with Crippen LogP contribution in [0.1, 0.15) is 49.7 Å². The van der Waals surface area contributed by atoms with Gasteiger partial charge in [-0.1, -0.05) is 11.6 Å². The molecule has 0 aliphatic heterocycles. The molecule has 1 atom stereocenters. The molecule has 0 aliphatic carbocycles. The minimum Gasteiger partial charge on any atom is -0.465 e. The Morgan fingerprint density at radius 3 is 2.41 bits per heavy atom. The molecule has 0 aliphatic rings. The molecule has 0 aromatic heterocycles. The molecule has 6 nitrogen and oxygen atoms in total. The molecule has 22 heavy (non-hydrogen) atoms. The maximum Gasteiger partial charge on any atom is 0.420 e. The van der Waals surface area contributed by atoms with E-state index < -0.39 is 23.8 Å². The van der Waals surface area contributed by atoms with Crippen molar-refractivity contribution in [3.8, 4) is 0 Å². The lowest BCUT2D eigenvalue weighted by atomic mass is 10.0. The average Bonchev–Trinajstić information content (AvgIpc) is 2.35. The van der Waals surface area contributed by atoms with E-state index in [1.54, 1.807) is 20.8 Å². The summed E-state index contributed by atoms with van der Waals surface area (Å²) in [6, 6.07) is 3.51. The summed E-state index contributed by atoms with van der Waals surface area (Å²) in [7, 11) is 0. The first-order valence-electron chi connectivity index (χ1n) is 6.56. The van der Waals surface area contributed by atoms with E-state index in [0.717, 1.165) is 0 Å². The normalized spacial score (nSPS) is 12.4. The SMILES string of the molecule is C[C@H](c1cc(Cl)ccc1C=O)N(C(=O)O)C(=O)OC(C)(C)C. The molecule has 0 bridgehead atoms. The highest BCUT2D eigenvalue weighted by Crippen LogP contribution is 2.27. The molecule has 1 aromatic carbocycles. The first-order chi connectivity index (χ1) is 10.1. The van der Waals surface area contributed by atoms with Crippen LogP contribution in [0.25, 0.3) is 0 Å². The van der Waals surface area contributed by atoms with Crippen molar-refractivity contribution in [2.24, 2.45) is 0 Å². The van der Waals surface area contributed by atoms with E-state index in [-0.39, 0.29) is 5.56 Å². The number of benzene rings is 1. The number of aldehydes is 1. The third-order valence-electron chi connectivity index (χ3n) is 2.81. The monoisotopic (exact) mass is 327 g/mol. The highest BCUT2D eigenvalue weighted by Gasteiger charge is 2.33. The summed E-state index contributed by atoms with van der Waals surface area (Å²) in [5.41, 5.74) is -0.255. The summed E-state index contributed by atoms with van der Waals surface area (Å²) >= 11 is 5.89. The quantitative estimate of drug-likeness (QED) is 0.844. The van der Waals surface area contributed by atoms with Crippen molar-refractivity contribution in [1.82, 2.24) is 4.90 Å². The Morgan fingerprint density at radius 1 is 1.36 bits per heavy atom. The number of carbonyl (C=O) groups excluding carboxylic acids is 2. The summed E-state index contributed by atoms with van der Waals surface area (Å²) in [5.74, 6) is 0. The van der Waals surface area contributed by atoms with E-state index >= 15 is 0 Å². The Balaban J connectivity index is 3.22. The largest absolute Gasteiger partial charge is 0.465 e. The van der Waals surface area contributed by atoms with Gasteiger partial charge in [0.1, 0.15) is 11.9 Å². The molecule has 0 spiro atoms. The number of nitrogens with zero attached hydrogens (tertiary/aromatic N) is 1. The number of hydrogen-bond donors (Lipinski definition) is 1. The number of ether oxygens (including phenoxy) is 1. The fraction of sp³-hybridized carbons (Fsp3) is 0.400. The molecule has 0 radical (unpaired) electrons. The number of halogens is 1. The number of imide groups is 1. The first kappa shape index (κ1) is 18.0. The maximum atomic E-state index is 12.1. The third kappa shape index (κ3) is 4.46. The van der Waals surface area contributed by atoms with Crippen LogP contribution in [0.4, 0.5) is 9.59 Å². The van der Waals surface area contributed by atoms with Crippen LogP contribution in [-0.4, -0.2) is 34.1 Å². The number of carboxylic acid groups (broad SMARTS) is 1. The number of hydrogen-bond acceptors (Lipinski definition) is 4. The fourth-order valence-electron chi connectivity index (χ4n) is 1.87. The summed E-state index contributed by atoms with van der Waals surface area (Å²) < 4.78 is 5.09. The Labute approximate surface area is 133 Å².